The topological polar surface area (TPSA) is 29.3 Å². The molecule has 2 nitrogen and oxygen atoms in total. The minimum absolute atomic E-state index is 0.751. The first kappa shape index (κ1) is 12.4. The molecule has 1 aromatic carbocycles. The van der Waals surface area contributed by atoms with Gasteiger partial charge in [0.05, 0.1) is 0 Å². The molecule has 2 heteroatoms. The monoisotopic (exact) mass is 232 g/mol. The van der Waals surface area contributed by atoms with E-state index in [-0.39, 0.29) is 0 Å². The van der Waals surface area contributed by atoms with Gasteiger partial charge in [-0.05, 0) is 43.5 Å². The molecule has 0 bridgehead atoms. The van der Waals surface area contributed by atoms with E-state index in [4.69, 9.17) is 5.73 Å². The van der Waals surface area contributed by atoms with Gasteiger partial charge in [0.15, 0.2) is 0 Å². The van der Waals surface area contributed by atoms with Crippen LogP contribution >= 0.6 is 0 Å². The van der Waals surface area contributed by atoms with Crippen molar-refractivity contribution in [2.75, 3.05) is 12.8 Å². The molecular weight excluding hydrogens is 208 g/mol. The predicted molar refractivity (Wildman–Crippen MR) is 73.7 cm³/mol. The van der Waals surface area contributed by atoms with Gasteiger partial charge in [-0.3, -0.25) is 4.90 Å². The molecule has 0 aromatic heterocycles. The Kier molecular flexibility index (Phi) is 4.06. The third-order valence-electron chi connectivity index (χ3n) is 4.04. The maximum absolute atomic E-state index is 5.71. The standard InChI is InChI=1S/C15H24N2/c1-12-5-3-4-6-15(12)17(2)11-13-7-9-14(16)10-8-13/h7-10,12,15H,3-6,11,16H2,1-2H3. The van der Waals surface area contributed by atoms with E-state index in [1.165, 1.54) is 31.2 Å². The first-order chi connectivity index (χ1) is 8.16. The van der Waals surface area contributed by atoms with E-state index >= 15 is 0 Å². The van der Waals surface area contributed by atoms with Gasteiger partial charge in [0.1, 0.15) is 0 Å². The van der Waals surface area contributed by atoms with Crippen LogP contribution in [0.5, 0.6) is 0 Å². The largest absolute Gasteiger partial charge is 0.399 e. The molecule has 0 aliphatic heterocycles. The second-order valence-corrected chi connectivity index (χ2v) is 5.49. The van der Waals surface area contributed by atoms with Gasteiger partial charge in [-0.2, -0.15) is 0 Å². The first-order valence-corrected chi connectivity index (χ1v) is 6.71. The Labute approximate surface area is 105 Å². The van der Waals surface area contributed by atoms with Gasteiger partial charge in [-0.1, -0.05) is 31.9 Å². The maximum Gasteiger partial charge on any atom is 0.0314 e. The lowest BCUT2D eigenvalue weighted by Crippen LogP contribution is -2.38. The second-order valence-electron chi connectivity index (χ2n) is 5.49. The molecule has 94 valence electrons. The van der Waals surface area contributed by atoms with Gasteiger partial charge in [-0.15, -0.1) is 0 Å². The molecule has 2 N–H and O–H groups in total. The number of nitrogens with zero attached hydrogens (tertiary/aromatic N) is 1. The fourth-order valence-corrected chi connectivity index (χ4v) is 2.98. The van der Waals surface area contributed by atoms with E-state index in [0.717, 1.165) is 24.2 Å². The van der Waals surface area contributed by atoms with Crippen LogP contribution in [0.4, 0.5) is 5.69 Å². The molecule has 1 saturated carbocycles. The Morgan fingerprint density at radius 2 is 1.82 bits per heavy atom. The highest BCUT2D eigenvalue weighted by Crippen LogP contribution is 2.28. The second kappa shape index (κ2) is 5.54. The lowest BCUT2D eigenvalue weighted by molar-refractivity contribution is 0.133. The summed E-state index contributed by atoms with van der Waals surface area (Å²) in [5.74, 6) is 0.836. The average Bonchev–Trinajstić information content (AvgIpc) is 2.32. The van der Waals surface area contributed by atoms with Gasteiger partial charge >= 0.3 is 0 Å². The Balaban J connectivity index is 1.95. The van der Waals surface area contributed by atoms with Crippen molar-refractivity contribution < 1.29 is 0 Å². The van der Waals surface area contributed by atoms with Crippen molar-refractivity contribution in [3.05, 3.63) is 29.8 Å². The number of anilines is 1. The minimum Gasteiger partial charge on any atom is -0.399 e. The fourth-order valence-electron chi connectivity index (χ4n) is 2.98. The van der Waals surface area contributed by atoms with Gasteiger partial charge in [0.2, 0.25) is 0 Å². The number of hydrogen-bond acceptors (Lipinski definition) is 2. The van der Waals surface area contributed by atoms with Crippen LogP contribution in [0.15, 0.2) is 24.3 Å². The maximum atomic E-state index is 5.71. The first-order valence-electron chi connectivity index (χ1n) is 6.71. The summed E-state index contributed by atoms with van der Waals surface area (Å²) in [7, 11) is 2.25. The van der Waals surface area contributed by atoms with Crippen LogP contribution in [0, 0.1) is 5.92 Å². The van der Waals surface area contributed by atoms with Crippen molar-refractivity contribution in [3.8, 4) is 0 Å². The highest BCUT2D eigenvalue weighted by molar-refractivity contribution is 5.39. The van der Waals surface area contributed by atoms with Crippen LogP contribution < -0.4 is 5.73 Å². The molecule has 0 spiro atoms. The van der Waals surface area contributed by atoms with E-state index in [0.29, 0.717) is 0 Å². The van der Waals surface area contributed by atoms with Crippen molar-refractivity contribution >= 4 is 5.69 Å². The number of hydrogen-bond donors (Lipinski definition) is 1. The van der Waals surface area contributed by atoms with Gasteiger partial charge < -0.3 is 5.73 Å². The summed E-state index contributed by atoms with van der Waals surface area (Å²) >= 11 is 0. The lowest BCUT2D eigenvalue weighted by atomic mass is 9.85. The van der Waals surface area contributed by atoms with E-state index in [9.17, 15) is 0 Å². The summed E-state index contributed by atoms with van der Waals surface area (Å²) in [6.07, 6.45) is 5.54. The van der Waals surface area contributed by atoms with Gasteiger partial charge in [0.25, 0.3) is 0 Å². The molecular formula is C15H24N2. The van der Waals surface area contributed by atoms with Crippen molar-refractivity contribution in [2.24, 2.45) is 5.92 Å². The lowest BCUT2D eigenvalue weighted by Gasteiger charge is -2.36. The van der Waals surface area contributed by atoms with Crippen molar-refractivity contribution in [3.63, 3.8) is 0 Å². The molecule has 1 aliphatic rings. The summed E-state index contributed by atoms with van der Waals surface area (Å²) in [5, 5.41) is 0. The molecule has 0 saturated heterocycles. The van der Waals surface area contributed by atoms with Crippen LogP contribution in [-0.2, 0) is 6.54 Å². The summed E-state index contributed by atoms with van der Waals surface area (Å²) in [5.41, 5.74) is 7.92. The molecule has 1 fully saturated rings. The highest BCUT2D eigenvalue weighted by Gasteiger charge is 2.24. The smallest absolute Gasteiger partial charge is 0.0314 e. The third-order valence-corrected chi connectivity index (χ3v) is 4.04. The zero-order valence-corrected chi connectivity index (χ0v) is 11.0. The molecule has 2 rings (SSSR count). The summed E-state index contributed by atoms with van der Waals surface area (Å²) < 4.78 is 0. The Morgan fingerprint density at radius 3 is 2.47 bits per heavy atom. The number of benzene rings is 1. The Hall–Kier alpha value is -1.02. The normalized spacial score (nSPS) is 25.1. The molecule has 1 aromatic rings. The SMILES string of the molecule is CC1CCCCC1N(C)Cc1ccc(N)cc1. The Morgan fingerprint density at radius 1 is 1.18 bits per heavy atom. The molecule has 0 radical (unpaired) electrons. The van der Waals surface area contributed by atoms with Crippen molar-refractivity contribution in [1.82, 2.24) is 4.90 Å². The average molecular weight is 232 g/mol. The number of nitrogens with two attached hydrogens (primary N) is 1. The van der Waals surface area contributed by atoms with Crippen LogP contribution in [-0.4, -0.2) is 18.0 Å². The highest BCUT2D eigenvalue weighted by atomic mass is 15.1. The number of rotatable bonds is 3. The summed E-state index contributed by atoms with van der Waals surface area (Å²) in [4.78, 5) is 2.51. The van der Waals surface area contributed by atoms with E-state index in [1.807, 2.05) is 12.1 Å². The Bertz CT molecular complexity index is 344. The predicted octanol–water partition coefficient (Wildman–Crippen LogP) is 3.28. The zero-order chi connectivity index (χ0) is 12.3. The summed E-state index contributed by atoms with van der Waals surface area (Å²) in [6, 6.07) is 9.01. The molecule has 1 aliphatic carbocycles. The quantitative estimate of drug-likeness (QED) is 0.810. The van der Waals surface area contributed by atoms with E-state index < -0.39 is 0 Å². The third kappa shape index (κ3) is 3.22. The van der Waals surface area contributed by atoms with Crippen LogP contribution in [0.25, 0.3) is 0 Å². The molecule has 0 heterocycles. The van der Waals surface area contributed by atoms with Crippen LogP contribution in [0.3, 0.4) is 0 Å². The zero-order valence-electron chi connectivity index (χ0n) is 11.0. The minimum atomic E-state index is 0.751. The molecule has 0 amide bonds. The molecule has 17 heavy (non-hydrogen) atoms. The van der Waals surface area contributed by atoms with E-state index in [1.54, 1.807) is 0 Å². The molecule has 2 atom stereocenters. The van der Waals surface area contributed by atoms with Crippen LogP contribution in [0.2, 0.25) is 0 Å². The molecule has 2 unspecified atom stereocenters. The van der Waals surface area contributed by atoms with Crippen LogP contribution in [0.1, 0.15) is 38.2 Å². The van der Waals surface area contributed by atoms with E-state index in [2.05, 4.69) is 31.0 Å². The number of nitrogen functional groups attached to an aromatic ring is 1. The fraction of sp³-hybridized carbons (Fsp3) is 0.600. The van der Waals surface area contributed by atoms with Gasteiger partial charge in [-0.25, -0.2) is 0 Å². The summed E-state index contributed by atoms with van der Waals surface area (Å²) in [6.45, 7) is 3.43. The van der Waals surface area contributed by atoms with Crippen molar-refractivity contribution in [2.45, 2.75) is 45.2 Å². The van der Waals surface area contributed by atoms with Gasteiger partial charge in [0, 0.05) is 18.3 Å². The van der Waals surface area contributed by atoms with Crippen molar-refractivity contribution in [1.29, 1.82) is 0 Å².